The molecule has 4 aliphatic rings. The Labute approximate surface area is 128 Å². The van der Waals surface area contributed by atoms with Gasteiger partial charge in [-0.05, 0) is 77.0 Å². The Morgan fingerprint density at radius 1 is 1.19 bits per heavy atom. The maximum atomic E-state index is 12.3. The van der Waals surface area contributed by atoms with Gasteiger partial charge in [-0.25, -0.2) is 0 Å². The molecule has 0 spiro atoms. The fourth-order valence-electron chi connectivity index (χ4n) is 5.24. The van der Waals surface area contributed by atoms with Crippen molar-refractivity contribution < 1.29 is 9.53 Å². The molecule has 0 aromatic carbocycles. The Morgan fingerprint density at radius 2 is 1.67 bits per heavy atom. The van der Waals surface area contributed by atoms with Crippen LogP contribution in [-0.4, -0.2) is 29.7 Å². The van der Waals surface area contributed by atoms with Gasteiger partial charge in [0.05, 0.1) is 0 Å². The molecule has 4 heteroatoms. The monoisotopic (exact) mass is 294 g/mol. The van der Waals surface area contributed by atoms with Crippen LogP contribution >= 0.6 is 0 Å². The van der Waals surface area contributed by atoms with Crippen LogP contribution in [0.4, 0.5) is 0 Å². The summed E-state index contributed by atoms with van der Waals surface area (Å²) in [5.41, 5.74) is 5.56. The Balaban J connectivity index is 1.68. The van der Waals surface area contributed by atoms with Gasteiger partial charge < -0.3 is 10.5 Å². The van der Waals surface area contributed by atoms with Gasteiger partial charge >= 0.3 is 5.97 Å². The van der Waals surface area contributed by atoms with Crippen molar-refractivity contribution in [2.24, 2.45) is 23.5 Å². The number of carbonyl (C=O) groups excluding carboxylic acids is 1. The molecule has 0 heterocycles. The van der Waals surface area contributed by atoms with Gasteiger partial charge in [0.25, 0.3) is 0 Å². The van der Waals surface area contributed by atoms with Crippen molar-refractivity contribution in [3.05, 3.63) is 0 Å². The van der Waals surface area contributed by atoms with Gasteiger partial charge in [0.15, 0.2) is 0 Å². The average molecular weight is 294 g/mol. The number of carbonyl (C=O) groups is 1. The Bertz CT molecular complexity index is 378. The molecule has 0 amide bonds. The van der Waals surface area contributed by atoms with E-state index in [4.69, 9.17) is 10.5 Å². The van der Waals surface area contributed by atoms with Crippen molar-refractivity contribution in [3.8, 4) is 0 Å². The van der Waals surface area contributed by atoms with E-state index in [-0.39, 0.29) is 17.6 Å². The number of nitrogens with two attached hydrogens (primary N) is 1. The predicted molar refractivity (Wildman–Crippen MR) is 82.7 cm³/mol. The van der Waals surface area contributed by atoms with Crippen molar-refractivity contribution in [1.82, 2.24) is 5.32 Å². The molecule has 4 saturated carbocycles. The molecule has 0 radical (unpaired) electrons. The van der Waals surface area contributed by atoms with E-state index in [0.717, 1.165) is 17.8 Å². The molecule has 4 fully saturated rings. The van der Waals surface area contributed by atoms with E-state index in [9.17, 15) is 4.79 Å². The lowest BCUT2D eigenvalue weighted by atomic mass is 9.53. The van der Waals surface area contributed by atoms with E-state index in [1.807, 2.05) is 20.8 Å². The lowest BCUT2D eigenvalue weighted by Crippen LogP contribution is -2.63. The van der Waals surface area contributed by atoms with Gasteiger partial charge in [0.1, 0.15) is 11.6 Å². The molecule has 120 valence electrons. The highest BCUT2D eigenvalue weighted by Gasteiger charge is 2.51. The Morgan fingerprint density at radius 3 is 2.05 bits per heavy atom. The first-order valence-corrected chi connectivity index (χ1v) is 8.49. The van der Waals surface area contributed by atoms with Crippen molar-refractivity contribution in [3.63, 3.8) is 0 Å². The molecule has 21 heavy (non-hydrogen) atoms. The number of nitrogens with one attached hydrogen (secondary N) is 1. The number of hydrogen-bond acceptors (Lipinski definition) is 4. The Hall–Kier alpha value is -0.610. The number of esters is 1. The fourth-order valence-corrected chi connectivity index (χ4v) is 5.24. The second-order valence-corrected chi connectivity index (χ2v) is 8.66. The molecular formula is C17H30N2O2. The van der Waals surface area contributed by atoms with Crippen LogP contribution < -0.4 is 11.1 Å². The van der Waals surface area contributed by atoms with Crippen LogP contribution in [0.15, 0.2) is 0 Å². The average Bonchev–Trinajstić information content (AvgIpc) is 2.32. The quantitative estimate of drug-likeness (QED) is 0.780. The molecule has 0 aromatic heterocycles. The van der Waals surface area contributed by atoms with E-state index >= 15 is 0 Å². The molecule has 3 N–H and O–H groups in total. The molecule has 0 saturated heterocycles. The minimum Gasteiger partial charge on any atom is -0.459 e. The van der Waals surface area contributed by atoms with Gasteiger partial charge in [-0.1, -0.05) is 0 Å². The molecule has 1 unspecified atom stereocenters. The first kappa shape index (κ1) is 15.3. The number of rotatable bonds is 4. The van der Waals surface area contributed by atoms with Crippen molar-refractivity contribution in [2.75, 3.05) is 6.54 Å². The van der Waals surface area contributed by atoms with Crippen molar-refractivity contribution in [2.45, 2.75) is 76.5 Å². The minimum absolute atomic E-state index is 0.149. The summed E-state index contributed by atoms with van der Waals surface area (Å²) < 4.78 is 5.52. The lowest BCUT2D eigenvalue weighted by molar-refractivity contribution is -0.159. The van der Waals surface area contributed by atoms with Crippen molar-refractivity contribution in [1.29, 1.82) is 0 Å². The second kappa shape index (κ2) is 5.24. The summed E-state index contributed by atoms with van der Waals surface area (Å²) in [7, 11) is 0. The third kappa shape index (κ3) is 3.26. The van der Waals surface area contributed by atoms with Crippen LogP contribution in [0.2, 0.25) is 0 Å². The number of ether oxygens (including phenoxy) is 1. The smallest absolute Gasteiger partial charge is 0.324 e. The summed E-state index contributed by atoms with van der Waals surface area (Å²) in [4.78, 5) is 12.3. The highest BCUT2D eigenvalue weighted by Crippen LogP contribution is 2.55. The van der Waals surface area contributed by atoms with Crippen molar-refractivity contribution >= 4 is 5.97 Å². The van der Waals surface area contributed by atoms with Gasteiger partial charge in [-0.15, -0.1) is 0 Å². The van der Waals surface area contributed by atoms with Crippen LogP contribution in [0.3, 0.4) is 0 Å². The first-order valence-electron chi connectivity index (χ1n) is 8.49. The first-order chi connectivity index (χ1) is 9.78. The summed E-state index contributed by atoms with van der Waals surface area (Å²) in [5.74, 6) is 2.39. The predicted octanol–water partition coefficient (Wildman–Crippen LogP) is 2.21. The summed E-state index contributed by atoms with van der Waals surface area (Å²) in [6.45, 7) is 6.03. The zero-order chi connectivity index (χ0) is 15.3. The standard InChI is InChI=1S/C17H30N2O2/c1-16(2,3)21-15(20)14(10-18)19-17-7-11-4-12(8-17)6-13(5-11)9-17/h11-14,19H,4-10,18H2,1-3H3. The molecule has 0 aliphatic heterocycles. The Kier molecular flexibility index (Phi) is 3.81. The van der Waals surface area contributed by atoms with Gasteiger partial charge in [0, 0.05) is 12.1 Å². The molecule has 0 aromatic rings. The van der Waals surface area contributed by atoms with E-state index in [2.05, 4.69) is 5.32 Å². The normalized spacial score (nSPS) is 39.3. The van der Waals surface area contributed by atoms with Gasteiger partial charge in [0.2, 0.25) is 0 Å². The zero-order valence-electron chi connectivity index (χ0n) is 13.7. The molecule has 4 rings (SSSR count). The third-order valence-corrected chi connectivity index (χ3v) is 5.45. The van der Waals surface area contributed by atoms with Crippen LogP contribution in [0.25, 0.3) is 0 Å². The summed E-state index contributed by atoms with van der Waals surface area (Å²) in [6, 6.07) is -0.361. The van der Waals surface area contributed by atoms with E-state index in [1.165, 1.54) is 38.5 Å². The lowest BCUT2D eigenvalue weighted by Gasteiger charge is -2.57. The maximum absolute atomic E-state index is 12.3. The van der Waals surface area contributed by atoms with Crippen LogP contribution in [-0.2, 0) is 9.53 Å². The van der Waals surface area contributed by atoms with Gasteiger partial charge in [-0.3, -0.25) is 10.1 Å². The SMILES string of the molecule is CC(C)(C)OC(=O)C(CN)NC12CC3CC(CC(C3)C1)C2. The molecule has 4 nitrogen and oxygen atoms in total. The second-order valence-electron chi connectivity index (χ2n) is 8.66. The maximum Gasteiger partial charge on any atom is 0.324 e. The molecule has 1 atom stereocenters. The van der Waals surface area contributed by atoms with Crippen LogP contribution in [0.1, 0.15) is 59.3 Å². The molecule has 4 aliphatic carbocycles. The molecule has 4 bridgehead atoms. The van der Waals surface area contributed by atoms with E-state index < -0.39 is 5.60 Å². The largest absolute Gasteiger partial charge is 0.459 e. The van der Waals surface area contributed by atoms with Gasteiger partial charge in [-0.2, -0.15) is 0 Å². The summed E-state index contributed by atoms with van der Waals surface area (Å²) in [6.07, 6.45) is 7.87. The molecular weight excluding hydrogens is 264 g/mol. The van der Waals surface area contributed by atoms with E-state index in [1.54, 1.807) is 0 Å². The third-order valence-electron chi connectivity index (χ3n) is 5.45. The highest BCUT2D eigenvalue weighted by atomic mass is 16.6. The zero-order valence-corrected chi connectivity index (χ0v) is 13.7. The summed E-state index contributed by atoms with van der Waals surface area (Å²) in [5, 5.41) is 3.63. The minimum atomic E-state index is -0.451. The van der Waals surface area contributed by atoms with E-state index in [0.29, 0.717) is 6.54 Å². The van der Waals surface area contributed by atoms with Crippen LogP contribution in [0, 0.1) is 17.8 Å². The van der Waals surface area contributed by atoms with Crippen LogP contribution in [0.5, 0.6) is 0 Å². The fraction of sp³-hybridized carbons (Fsp3) is 0.941. The summed E-state index contributed by atoms with van der Waals surface area (Å²) >= 11 is 0. The topological polar surface area (TPSA) is 64.3 Å². The highest BCUT2D eigenvalue weighted by molar-refractivity contribution is 5.76. The number of hydrogen-bond donors (Lipinski definition) is 2.